The molecule has 3 N–H and O–H groups in total. The second-order valence-electron chi connectivity index (χ2n) is 6.22. The molecule has 0 spiro atoms. The van der Waals surface area contributed by atoms with Gasteiger partial charge in [0.25, 0.3) is 5.91 Å². The van der Waals surface area contributed by atoms with Crippen LogP contribution in [-0.4, -0.2) is 32.0 Å². The zero-order valence-corrected chi connectivity index (χ0v) is 20.4. The monoisotopic (exact) mass is 558 g/mol. The Morgan fingerprint density at radius 3 is 2.61 bits per heavy atom. The minimum Gasteiger partial charge on any atom is -0.357 e. The van der Waals surface area contributed by atoms with Crippen molar-refractivity contribution in [2.45, 2.75) is 26.8 Å². The fourth-order valence-corrected chi connectivity index (χ4v) is 3.16. The number of amides is 1. The van der Waals surface area contributed by atoms with E-state index >= 15 is 0 Å². The second-order valence-corrected chi connectivity index (χ2v) is 7.14. The molecule has 5 nitrogen and oxygen atoms in total. The first-order valence-electron chi connectivity index (χ1n) is 9.11. The van der Waals surface area contributed by atoms with Gasteiger partial charge in [0, 0.05) is 30.2 Å². The molecule has 2 aromatic rings. The summed E-state index contributed by atoms with van der Waals surface area (Å²) >= 11 is 3.49. The third-order valence-electron chi connectivity index (χ3n) is 4.18. The first-order valence-corrected chi connectivity index (χ1v) is 9.91. The van der Waals surface area contributed by atoms with Crippen molar-refractivity contribution in [2.75, 3.05) is 20.1 Å². The first-order chi connectivity index (χ1) is 13.0. The van der Waals surface area contributed by atoms with Crippen LogP contribution in [0.15, 0.2) is 51.9 Å². The molecular weight excluding hydrogens is 531 g/mol. The molecule has 0 radical (unpaired) electrons. The van der Waals surface area contributed by atoms with Gasteiger partial charge in [0.15, 0.2) is 5.96 Å². The standard InChI is InChI=1S/C21H27BrN4O.HI/c1-4-24-21(26-14-18-8-9-19(22)12-15(18)2)25-11-10-16-6-5-7-17(13-16)20(27)23-3;/h5-9,12-13H,4,10-11,14H2,1-3H3,(H,23,27)(H2,24,25,26);1H. The molecule has 2 rings (SSSR count). The van der Waals surface area contributed by atoms with E-state index in [-0.39, 0.29) is 29.9 Å². The van der Waals surface area contributed by atoms with E-state index in [0.717, 1.165) is 35.5 Å². The molecule has 0 heterocycles. The lowest BCUT2D eigenvalue weighted by molar-refractivity contribution is 0.0963. The first kappa shape index (κ1) is 24.4. The molecule has 0 saturated carbocycles. The molecule has 0 aliphatic heterocycles. The molecule has 2 aromatic carbocycles. The van der Waals surface area contributed by atoms with Gasteiger partial charge >= 0.3 is 0 Å². The molecule has 152 valence electrons. The predicted molar refractivity (Wildman–Crippen MR) is 131 cm³/mol. The molecule has 7 heteroatoms. The number of rotatable bonds is 7. The summed E-state index contributed by atoms with van der Waals surface area (Å²) in [5.41, 5.74) is 4.22. The summed E-state index contributed by atoms with van der Waals surface area (Å²) in [4.78, 5) is 16.4. The van der Waals surface area contributed by atoms with Gasteiger partial charge in [0.05, 0.1) is 6.54 Å². The van der Waals surface area contributed by atoms with Gasteiger partial charge in [-0.1, -0.05) is 34.1 Å². The van der Waals surface area contributed by atoms with E-state index in [1.54, 1.807) is 7.05 Å². The summed E-state index contributed by atoms with van der Waals surface area (Å²) in [6, 6.07) is 13.9. The van der Waals surface area contributed by atoms with Crippen molar-refractivity contribution in [3.8, 4) is 0 Å². The second kappa shape index (κ2) is 12.8. The van der Waals surface area contributed by atoms with Crippen LogP contribution in [0.4, 0.5) is 0 Å². The molecule has 28 heavy (non-hydrogen) atoms. The fourth-order valence-electron chi connectivity index (χ4n) is 2.68. The number of nitrogens with one attached hydrogen (secondary N) is 3. The molecular formula is C21H28BrIN4O. The number of nitrogens with zero attached hydrogens (tertiary/aromatic N) is 1. The van der Waals surface area contributed by atoms with Gasteiger partial charge in [-0.15, -0.1) is 24.0 Å². The van der Waals surface area contributed by atoms with Crippen molar-refractivity contribution in [3.05, 3.63) is 69.2 Å². The van der Waals surface area contributed by atoms with E-state index in [0.29, 0.717) is 12.1 Å². The third kappa shape index (κ3) is 7.79. The van der Waals surface area contributed by atoms with E-state index in [4.69, 9.17) is 0 Å². The van der Waals surface area contributed by atoms with Gasteiger partial charge in [0.1, 0.15) is 0 Å². The minimum atomic E-state index is -0.0652. The fraction of sp³-hybridized carbons (Fsp3) is 0.333. The van der Waals surface area contributed by atoms with Gasteiger partial charge in [-0.3, -0.25) is 4.79 Å². The predicted octanol–water partition coefficient (Wildman–Crippen LogP) is 4.03. The number of carbonyl (C=O) groups is 1. The normalized spacial score (nSPS) is 10.8. The SMILES string of the molecule is CCNC(=NCc1ccc(Br)cc1C)NCCc1cccc(C(=O)NC)c1.I. The van der Waals surface area contributed by atoms with Gasteiger partial charge in [-0.2, -0.15) is 0 Å². The molecule has 0 atom stereocenters. The van der Waals surface area contributed by atoms with E-state index in [9.17, 15) is 4.79 Å². The number of halogens is 2. The maximum atomic E-state index is 11.7. The number of hydrogen-bond acceptors (Lipinski definition) is 2. The lowest BCUT2D eigenvalue weighted by Gasteiger charge is -2.12. The third-order valence-corrected chi connectivity index (χ3v) is 4.67. The highest BCUT2D eigenvalue weighted by atomic mass is 127. The van der Waals surface area contributed by atoms with Crippen LogP contribution in [0.1, 0.15) is 34.0 Å². The van der Waals surface area contributed by atoms with Crippen molar-refractivity contribution in [1.82, 2.24) is 16.0 Å². The van der Waals surface area contributed by atoms with E-state index in [2.05, 4.69) is 62.9 Å². The quantitative estimate of drug-likeness (QED) is 0.273. The van der Waals surface area contributed by atoms with Gasteiger partial charge in [-0.05, 0) is 61.2 Å². The Morgan fingerprint density at radius 1 is 1.14 bits per heavy atom. The summed E-state index contributed by atoms with van der Waals surface area (Å²) in [5.74, 6) is 0.729. The lowest BCUT2D eigenvalue weighted by Crippen LogP contribution is -2.38. The zero-order valence-electron chi connectivity index (χ0n) is 16.5. The van der Waals surface area contributed by atoms with Crippen LogP contribution in [0.3, 0.4) is 0 Å². The van der Waals surface area contributed by atoms with E-state index in [1.807, 2.05) is 30.3 Å². The summed E-state index contributed by atoms with van der Waals surface area (Å²) in [6.07, 6.45) is 0.812. The minimum absolute atomic E-state index is 0. The lowest BCUT2D eigenvalue weighted by atomic mass is 10.1. The van der Waals surface area contributed by atoms with E-state index < -0.39 is 0 Å². The van der Waals surface area contributed by atoms with Crippen molar-refractivity contribution in [2.24, 2.45) is 4.99 Å². The van der Waals surface area contributed by atoms with Crippen LogP contribution in [0, 0.1) is 6.92 Å². The number of hydrogen-bond donors (Lipinski definition) is 3. The van der Waals surface area contributed by atoms with Crippen LogP contribution in [0.25, 0.3) is 0 Å². The summed E-state index contributed by atoms with van der Waals surface area (Å²) in [7, 11) is 1.64. The summed E-state index contributed by atoms with van der Waals surface area (Å²) in [5, 5.41) is 9.29. The number of aryl methyl sites for hydroxylation is 1. The topological polar surface area (TPSA) is 65.5 Å². The Bertz CT molecular complexity index is 811. The number of benzene rings is 2. The molecule has 1 amide bonds. The van der Waals surface area contributed by atoms with Crippen molar-refractivity contribution in [1.29, 1.82) is 0 Å². The van der Waals surface area contributed by atoms with Gasteiger partial charge in [-0.25, -0.2) is 4.99 Å². The van der Waals surface area contributed by atoms with Crippen molar-refractivity contribution >= 4 is 51.8 Å². The average Bonchev–Trinajstić information content (AvgIpc) is 2.66. The molecule has 0 aliphatic rings. The Hall–Kier alpha value is -1.61. The van der Waals surface area contributed by atoms with Crippen LogP contribution in [0.5, 0.6) is 0 Å². The Morgan fingerprint density at radius 2 is 1.93 bits per heavy atom. The maximum Gasteiger partial charge on any atom is 0.251 e. The highest BCUT2D eigenvalue weighted by Gasteiger charge is 2.04. The molecule has 0 aliphatic carbocycles. The highest BCUT2D eigenvalue weighted by molar-refractivity contribution is 14.0. The van der Waals surface area contributed by atoms with Gasteiger partial charge in [0.2, 0.25) is 0 Å². The molecule has 0 fully saturated rings. The Balaban J connectivity index is 0.00000392. The summed E-state index contributed by atoms with van der Waals surface area (Å²) < 4.78 is 1.08. The molecule has 0 saturated heterocycles. The Kier molecular flexibility index (Phi) is 11.1. The smallest absolute Gasteiger partial charge is 0.251 e. The van der Waals surface area contributed by atoms with E-state index in [1.165, 1.54) is 11.1 Å². The maximum absolute atomic E-state index is 11.7. The van der Waals surface area contributed by atoms with Crippen LogP contribution in [0.2, 0.25) is 0 Å². The van der Waals surface area contributed by atoms with Crippen LogP contribution >= 0.6 is 39.9 Å². The Labute approximate surface area is 192 Å². The number of aliphatic imine (C=N–C) groups is 1. The molecule has 0 bridgehead atoms. The zero-order chi connectivity index (χ0) is 19.6. The largest absolute Gasteiger partial charge is 0.357 e. The molecule has 0 unspecified atom stereocenters. The number of guanidine groups is 1. The van der Waals surface area contributed by atoms with Crippen molar-refractivity contribution < 1.29 is 4.79 Å². The van der Waals surface area contributed by atoms with Gasteiger partial charge < -0.3 is 16.0 Å². The highest BCUT2D eigenvalue weighted by Crippen LogP contribution is 2.16. The summed E-state index contributed by atoms with van der Waals surface area (Å²) in [6.45, 7) is 6.31. The average molecular weight is 559 g/mol. The number of carbonyl (C=O) groups excluding carboxylic acids is 1. The molecule has 0 aromatic heterocycles. The van der Waals surface area contributed by atoms with Crippen LogP contribution < -0.4 is 16.0 Å². The van der Waals surface area contributed by atoms with Crippen molar-refractivity contribution in [3.63, 3.8) is 0 Å². The van der Waals surface area contributed by atoms with Crippen LogP contribution in [-0.2, 0) is 13.0 Å².